The van der Waals surface area contributed by atoms with E-state index in [0.717, 1.165) is 4.88 Å². The molecule has 1 fully saturated rings. The molecule has 3 heterocycles. The van der Waals surface area contributed by atoms with E-state index in [1.807, 2.05) is 6.92 Å². The first kappa shape index (κ1) is 17.8. The van der Waals surface area contributed by atoms with Gasteiger partial charge >= 0.3 is 0 Å². The van der Waals surface area contributed by atoms with Crippen molar-refractivity contribution in [1.82, 2.24) is 9.29 Å². The highest BCUT2D eigenvalue weighted by molar-refractivity contribution is 7.91. The van der Waals surface area contributed by atoms with Gasteiger partial charge in [0.2, 0.25) is 5.91 Å². The Morgan fingerprint density at radius 1 is 1.36 bits per heavy atom. The van der Waals surface area contributed by atoms with Crippen LogP contribution in [0.25, 0.3) is 0 Å². The van der Waals surface area contributed by atoms with Crippen LogP contribution in [0.1, 0.15) is 17.7 Å². The molecule has 134 valence electrons. The summed E-state index contributed by atoms with van der Waals surface area (Å²) in [5.41, 5.74) is -0.216. The molecule has 1 saturated heterocycles. The van der Waals surface area contributed by atoms with Crippen molar-refractivity contribution in [3.05, 3.63) is 45.7 Å². The third-order valence-corrected chi connectivity index (χ3v) is 7.47. The van der Waals surface area contributed by atoms with Crippen LogP contribution in [-0.4, -0.2) is 36.7 Å². The molecule has 2 aromatic rings. The minimum Gasteiger partial charge on any atom is -0.327 e. The molecule has 0 spiro atoms. The van der Waals surface area contributed by atoms with Crippen LogP contribution < -0.4 is 10.9 Å². The van der Waals surface area contributed by atoms with Crippen molar-refractivity contribution in [2.24, 2.45) is 5.92 Å². The van der Waals surface area contributed by atoms with Crippen LogP contribution in [0.3, 0.4) is 0 Å². The van der Waals surface area contributed by atoms with Gasteiger partial charge in [-0.05, 0) is 44.0 Å². The average molecular weight is 381 g/mol. The Kier molecular flexibility index (Phi) is 5.07. The number of thiophene rings is 1. The van der Waals surface area contributed by atoms with Gasteiger partial charge < -0.3 is 10.3 Å². The molecule has 1 atom stereocenters. The first-order chi connectivity index (χ1) is 11.9. The van der Waals surface area contributed by atoms with Crippen LogP contribution in [0.5, 0.6) is 0 Å². The third kappa shape index (κ3) is 3.83. The Balaban J connectivity index is 1.74. The fourth-order valence-corrected chi connectivity index (χ4v) is 5.77. The van der Waals surface area contributed by atoms with Crippen molar-refractivity contribution >= 4 is 33.0 Å². The summed E-state index contributed by atoms with van der Waals surface area (Å²) in [6.07, 6.45) is 2.68. The second kappa shape index (κ2) is 7.11. The summed E-state index contributed by atoms with van der Waals surface area (Å²) in [5.74, 6) is -0.817. The lowest BCUT2D eigenvalue weighted by Gasteiger charge is -2.30. The summed E-state index contributed by atoms with van der Waals surface area (Å²) in [4.78, 5) is 27.5. The summed E-state index contributed by atoms with van der Waals surface area (Å²) < 4.78 is 27.1. The van der Waals surface area contributed by atoms with Crippen molar-refractivity contribution in [2.45, 2.75) is 24.0 Å². The molecule has 1 amide bonds. The van der Waals surface area contributed by atoms with Gasteiger partial charge in [0.25, 0.3) is 15.6 Å². The second-order valence-corrected chi connectivity index (χ2v) is 9.42. The van der Waals surface area contributed by atoms with Crippen molar-refractivity contribution < 1.29 is 13.2 Å². The molecule has 0 bridgehead atoms. The van der Waals surface area contributed by atoms with E-state index in [0.29, 0.717) is 23.6 Å². The lowest BCUT2D eigenvalue weighted by atomic mass is 9.99. The minimum atomic E-state index is -3.58. The lowest BCUT2D eigenvalue weighted by molar-refractivity contribution is -0.120. The Morgan fingerprint density at radius 2 is 2.16 bits per heavy atom. The summed E-state index contributed by atoms with van der Waals surface area (Å²) in [6, 6.07) is 6.51. The number of amides is 1. The number of sulfonamides is 1. The van der Waals surface area contributed by atoms with Gasteiger partial charge in [0.05, 0.1) is 5.92 Å². The van der Waals surface area contributed by atoms with Crippen molar-refractivity contribution in [1.29, 1.82) is 0 Å². The van der Waals surface area contributed by atoms with E-state index in [-0.39, 0.29) is 23.7 Å². The minimum absolute atomic E-state index is 0.121. The molecule has 0 aliphatic carbocycles. The Bertz CT molecular complexity index is 933. The quantitative estimate of drug-likeness (QED) is 0.843. The van der Waals surface area contributed by atoms with E-state index in [2.05, 4.69) is 10.3 Å². The number of hydrogen-bond donors (Lipinski definition) is 2. The Labute approximate surface area is 149 Å². The van der Waals surface area contributed by atoms with E-state index >= 15 is 0 Å². The number of carbonyl (C=O) groups excluding carboxylic acids is 1. The number of rotatable bonds is 4. The summed E-state index contributed by atoms with van der Waals surface area (Å²) in [6.45, 7) is 2.37. The SMILES string of the molecule is Cc1ccc(S(=O)(=O)N2CCCC(C(=O)Nc3ccc[nH]c3=O)C2)s1. The molecule has 1 aliphatic heterocycles. The van der Waals surface area contributed by atoms with E-state index in [1.54, 1.807) is 18.2 Å². The number of aromatic nitrogens is 1. The first-order valence-corrected chi connectivity index (χ1v) is 10.2. The van der Waals surface area contributed by atoms with Crippen molar-refractivity contribution in [3.63, 3.8) is 0 Å². The molecule has 9 heteroatoms. The average Bonchev–Trinajstić information content (AvgIpc) is 3.04. The fourth-order valence-electron chi connectivity index (χ4n) is 2.81. The zero-order valence-electron chi connectivity index (χ0n) is 13.7. The third-order valence-electron chi connectivity index (χ3n) is 4.14. The molecule has 7 nitrogen and oxygen atoms in total. The molecular weight excluding hydrogens is 362 g/mol. The highest BCUT2D eigenvalue weighted by Crippen LogP contribution is 2.28. The van der Waals surface area contributed by atoms with E-state index in [1.165, 1.54) is 27.9 Å². The topological polar surface area (TPSA) is 99.3 Å². The zero-order valence-corrected chi connectivity index (χ0v) is 15.3. The lowest BCUT2D eigenvalue weighted by Crippen LogP contribution is -2.43. The van der Waals surface area contributed by atoms with Crippen LogP contribution in [-0.2, 0) is 14.8 Å². The largest absolute Gasteiger partial charge is 0.327 e. The second-order valence-electron chi connectivity index (χ2n) is 5.97. The van der Waals surface area contributed by atoms with Gasteiger partial charge in [0, 0.05) is 24.2 Å². The van der Waals surface area contributed by atoms with Crippen LogP contribution in [0.4, 0.5) is 5.69 Å². The molecule has 0 saturated carbocycles. The molecule has 2 N–H and O–H groups in total. The maximum absolute atomic E-state index is 12.7. The number of piperidine rings is 1. The van der Waals surface area contributed by atoms with Crippen LogP contribution in [0, 0.1) is 12.8 Å². The maximum atomic E-state index is 12.7. The Hall–Kier alpha value is -1.97. The number of carbonyl (C=O) groups is 1. The highest BCUT2D eigenvalue weighted by atomic mass is 32.2. The predicted molar refractivity (Wildman–Crippen MR) is 96.2 cm³/mol. The Morgan fingerprint density at radius 3 is 2.84 bits per heavy atom. The van der Waals surface area contributed by atoms with Gasteiger partial charge in [-0.15, -0.1) is 11.3 Å². The molecule has 2 aromatic heterocycles. The van der Waals surface area contributed by atoms with E-state index in [4.69, 9.17) is 0 Å². The normalized spacial score (nSPS) is 18.8. The number of pyridine rings is 1. The zero-order chi connectivity index (χ0) is 18.0. The predicted octanol–water partition coefficient (Wildman–Crippen LogP) is 1.78. The van der Waals surface area contributed by atoms with Crippen LogP contribution in [0.15, 0.2) is 39.5 Å². The molecule has 1 aliphatic rings. The van der Waals surface area contributed by atoms with Gasteiger partial charge in [-0.25, -0.2) is 8.42 Å². The number of hydrogen-bond acceptors (Lipinski definition) is 5. The molecule has 0 radical (unpaired) electrons. The number of nitrogens with zero attached hydrogens (tertiary/aromatic N) is 1. The number of nitrogens with one attached hydrogen (secondary N) is 2. The van der Waals surface area contributed by atoms with Crippen LogP contribution in [0.2, 0.25) is 0 Å². The van der Waals surface area contributed by atoms with Gasteiger partial charge in [-0.1, -0.05) is 0 Å². The van der Waals surface area contributed by atoms with E-state index < -0.39 is 15.9 Å². The van der Waals surface area contributed by atoms with Gasteiger partial charge in [-0.3, -0.25) is 9.59 Å². The van der Waals surface area contributed by atoms with Gasteiger partial charge in [0.15, 0.2) is 0 Å². The number of H-pyrrole nitrogens is 1. The molecule has 25 heavy (non-hydrogen) atoms. The monoisotopic (exact) mass is 381 g/mol. The fraction of sp³-hybridized carbons (Fsp3) is 0.375. The number of aromatic amines is 1. The smallest absolute Gasteiger partial charge is 0.271 e. The summed E-state index contributed by atoms with van der Waals surface area (Å²) in [7, 11) is -3.58. The van der Waals surface area contributed by atoms with Gasteiger partial charge in [0.1, 0.15) is 9.90 Å². The molecule has 0 aromatic carbocycles. The standard InChI is InChI=1S/C16H19N3O4S2/c1-11-6-7-14(24-11)25(22,23)19-9-3-4-12(10-19)15(20)18-13-5-2-8-17-16(13)21/h2,5-8,12H,3-4,9-10H2,1H3,(H,17,21)(H,18,20). The first-order valence-electron chi connectivity index (χ1n) is 7.93. The number of aryl methyl sites for hydroxylation is 1. The van der Waals surface area contributed by atoms with Crippen LogP contribution >= 0.6 is 11.3 Å². The molecule has 3 rings (SSSR count). The summed E-state index contributed by atoms with van der Waals surface area (Å²) >= 11 is 1.23. The number of anilines is 1. The van der Waals surface area contributed by atoms with E-state index in [9.17, 15) is 18.0 Å². The highest BCUT2D eigenvalue weighted by Gasteiger charge is 2.34. The molecular formula is C16H19N3O4S2. The molecule has 1 unspecified atom stereocenters. The van der Waals surface area contributed by atoms with Crippen molar-refractivity contribution in [3.8, 4) is 0 Å². The maximum Gasteiger partial charge on any atom is 0.271 e. The van der Waals surface area contributed by atoms with Crippen molar-refractivity contribution in [2.75, 3.05) is 18.4 Å². The summed E-state index contributed by atoms with van der Waals surface area (Å²) in [5, 5.41) is 2.59. The van der Waals surface area contributed by atoms with Gasteiger partial charge in [-0.2, -0.15) is 4.31 Å².